The highest BCUT2D eigenvalue weighted by Crippen LogP contribution is 2.16. The highest BCUT2D eigenvalue weighted by molar-refractivity contribution is 5.69. The summed E-state index contributed by atoms with van der Waals surface area (Å²) >= 11 is 0. The van der Waals surface area contributed by atoms with Gasteiger partial charge in [0.05, 0.1) is 0 Å². The molecule has 0 aromatic carbocycles. The number of ether oxygens (including phenoxy) is 1. The summed E-state index contributed by atoms with van der Waals surface area (Å²) in [6.45, 7) is 4.40. The second kappa shape index (κ2) is 28.5. The predicted molar refractivity (Wildman–Crippen MR) is 154 cm³/mol. The third kappa shape index (κ3) is 27.5. The molecule has 0 aliphatic heterocycles. The van der Waals surface area contributed by atoms with Crippen LogP contribution in [0, 0.1) is 0 Å². The summed E-state index contributed by atoms with van der Waals surface area (Å²) in [6, 6.07) is 0. The minimum Gasteiger partial charge on any atom is -0.481 e. The molecule has 0 fully saturated rings. The average molecular weight is 511 g/mol. The van der Waals surface area contributed by atoms with Gasteiger partial charge in [-0.3, -0.25) is 9.59 Å². The number of aliphatic carboxylic acids is 1. The number of carbonyl (C=O) groups is 2. The van der Waals surface area contributed by atoms with E-state index in [-0.39, 0.29) is 12.1 Å². The predicted octanol–water partition coefficient (Wildman–Crippen LogP) is 10.6. The molecule has 1 unspecified atom stereocenters. The molecule has 0 aliphatic rings. The maximum absolute atomic E-state index is 12.2. The molecule has 0 aromatic rings. The van der Waals surface area contributed by atoms with E-state index in [1.807, 2.05) is 0 Å². The lowest BCUT2D eigenvalue weighted by Gasteiger charge is -2.16. The Bertz CT molecular complexity index is 477. The molecule has 1 N–H and O–H groups in total. The quantitative estimate of drug-likeness (QED) is 0.0802. The molecule has 214 valence electrons. The summed E-state index contributed by atoms with van der Waals surface area (Å²) < 4.78 is 5.74. The topological polar surface area (TPSA) is 63.6 Å². The zero-order valence-corrected chi connectivity index (χ0v) is 24.3. The molecule has 36 heavy (non-hydrogen) atoms. The van der Waals surface area contributed by atoms with Crippen molar-refractivity contribution in [2.24, 2.45) is 0 Å². The lowest BCUT2D eigenvalue weighted by atomic mass is 10.0. The van der Waals surface area contributed by atoms with Crippen molar-refractivity contribution in [3.8, 4) is 0 Å². The highest BCUT2D eigenvalue weighted by atomic mass is 16.5. The van der Waals surface area contributed by atoms with Crippen LogP contribution in [-0.2, 0) is 14.3 Å². The molecule has 0 aromatic heterocycles. The van der Waals surface area contributed by atoms with Crippen molar-refractivity contribution in [2.75, 3.05) is 0 Å². The fourth-order valence-corrected chi connectivity index (χ4v) is 4.94. The fraction of sp³-hybridized carbons (Fsp3) is 0.938. The third-order valence-corrected chi connectivity index (χ3v) is 7.40. The molecule has 1 atom stereocenters. The number of rotatable bonds is 29. The Hall–Kier alpha value is -1.06. The van der Waals surface area contributed by atoms with Gasteiger partial charge in [-0.2, -0.15) is 0 Å². The van der Waals surface area contributed by atoms with Crippen molar-refractivity contribution >= 4 is 11.9 Å². The fourth-order valence-electron chi connectivity index (χ4n) is 4.94. The zero-order valence-electron chi connectivity index (χ0n) is 24.3. The van der Waals surface area contributed by atoms with Crippen molar-refractivity contribution in [3.63, 3.8) is 0 Å². The molecule has 0 saturated carbocycles. The first-order valence-electron chi connectivity index (χ1n) is 16.0. The molecule has 0 radical (unpaired) electrons. The Kier molecular flexibility index (Phi) is 27.7. The van der Waals surface area contributed by atoms with Gasteiger partial charge in [0.2, 0.25) is 0 Å². The van der Waals surface area contributed by atoms with Gasteiger partial charge in [-0.15, -0.1) is 0 Å². The Balaban J connectivity index is 3.43. The molecule has 0 bridgehead atoms. The van der Waals surface area contributed by atoms with Gasteiger partial charge in [0.1, 0.15) is 6.10 Å². The standard InChI is InChI=1S/C32H62O4/c1-3-5-6-7-8-9-10-14-17-20-23-26-29-32(35)36-30(4-2)27-24-21-18-15-12-11-13-16-19-22-25-28-31(33)34/h30H,3-29H2,1-2H3,(H,33,34). The highest BCUT2D eigenvalue weighted by Gasteiger charge is 2.12. The van der Waals surface area contributed by atoms with E-state index in [4.69, 9.17) is 9.84 Å². The monoisotopic (exact) mass is 510 g/mol. The van der Waals surface area contributed by atoms with Crippen LogP contribution in [0.2, 0.25) is 0 Å². The zero-order chi connectivity index (χ0) is 26.5. The summed E-state index contributed by atoms with van der Waals surface area (Å²) in [5, 5.41) is 8.63. The van der Waals surface area contributed by atoms with Crippen LogP contribution in [0.25, 0.3) is 0 Å². The van der Waals surface area contributed by atoms with Crippen LogP contribution in [0.1, 0.15) is 187 Å². The molecule has 0 spiro atoms. The number of hydrogen-bond acceptors (Lipinski definition) is 3. The van der Waals surface area contributed by atoms with Crippen LogP contribution in [0.5, 0.6) is 0 Å². The molecule has 0 saturated heterocycles. The van der Waals surface area contributed by atoms with Gasteiger partial charge in [-0.25, -0.2) is 0 Å². The largest absolute Gasteiger partial charge is 0.481 e. The van der Waals surface area contributed by atoms with E-state index in [1.165, 1.54) is 116 Å². The van der Waals surface area contributed by atoms with Gasteiger partial charge in [-0.1, -0.05) is 142 Å². The van der Waals surface area contributed by atoms with Crippen molar-refractivity contribution in [1.29, 1.82) is 0 Å². The summed E-state index contributed by atoms with van der Waals surface area (Å²) in [4.78, 5) is 22.7. The maximum atomic E-state index is 12.2. The number of hydrogen-bond donors (Lipinski definition) is 1. The van der Waals surface area contributed by atoms with E-state index in [0.717, 1.165) is 44.9 Å². The van der Waals surface area contributed by atoms with Crippen LogP contribution in [0.15, 0.2) is 0 Å². The van der Waals surface area contributed by atoms with E-state index in [0.29, 0.717) is 12.8 Å². The van der Waals surface area contributed by atoms with E-state index >= 15 is 0 Å². The molecule has 4 nitrogen and oxygen atoms in total. The van der Waals surface area contributed by atoms with Crippen LogP contribution in [-0.4, -0.2) is 23.1 Å². The van der Waals surface area contributed by atoms with E-state index < -0.39 is 5.97 Å². The smallest absolute Gasteiger partial charge is 0.306 e. The first-order chi connectivity index (χ1) is 17.6. The van der Waals surface area contributed by atoms with Gasteiger partial charge in [0.15, 0.2) is 0 Å². The van der Waals surface area contributed by atoms with Crippen molar-refractivity contribution in [3.05, 3.63) is 0 Å². The van der Waals surface area contributed by atoms with Crippen molar-refractivity contribution < 1.29 is 19.4 Å². The lowest BCUT2D eigenvalue weighted by Crippen LogP contribution is -2.17. The van der Waals surface area contributed by atoms with Crippen LogP contribution in [0.4, 0.5) is 0 Å². The molecule has 0 heterocycles. The number of carboxylic acids is 1. The minimum atomic E-state index is -0.673. The normalized spacial score (nSPS) is 12.1. The summed E-state index contributed by atoms with van der Waals surface area (Å²) in [5.74, 6) is -0.662. The Labute approximate surface area is 224 Å². The van der Waals surface area contributed by atoms with Gasteiger partial charge in [0, 0.05) is 12.8 Å². The van der Waals surface area contributed by atoms with E-state index in [9.17, 15) is 9.59 Å². The number of carbonyl (C=O) groups excluding carboxylic acids is 1. The summed E-state index contributed by atoms with van der Waals surface area (Å²) in [6.07, 6.45) is 31.9. The molecule has 0 rings (SSSR count). The Morgan fingerprint density at radius 3 is 1.28 bits per heavy atom. The molecular weight excluding hydrogens is 448 g/mol. The van der Waals surface area contributed by atoms with Gasteiger partial charge in [0.25, 0.3) is 0 Å². The number of carboxylic acid groups (broad SMARTS) is 1. The van der Waals surface area contributed by atoms with Crippen LogP contribution < -0.4 is 0 Å². The van der Waals surface area contributed by atoms with Gasteiger partial charge >= 0.3 is 11.9 Å². The van der Waals surface area contributed by atoms with Crippen molar-refractivity contribution in [1.82, 2.24) is 0 Å². The van der Waals surface area contributed by atoms with Gasteiger partial charge in [-0.05, 0) is 32.1 Å². The van der Waals surface area contributed by atoms with E-state index in [1.54, 1.807) is 0 Å². The summed E-state index contributed by atoms with van der Waals surface area (Å²) in [7, 11) is 0. The Morgan fingerprint density at radius 1 is 0.528 bits per heavy atom. The average Bonchev–Trinajstić information content (AvgIpc) is 2.86. The minimum absolute atomic E-state index is 0.0110. The second-order valence-electron chi connectivity index (χ2n) is 11.0. The molecule has 4 heteroatoms. The third-order valence-electron chi connectivity index (χ3n) is 7.40. The SMILES string of the molecule is CCCCCCCCCCCCCCC(=O)OC(CC)CCCCCCCCCCCCCC(=O)O. The maximum Gasteiger partial charge on any atom is 0.306 e. The van der Waals surface area contributed by atoms with Gasteiger partial charge < -0.3 is 9.84 Å². The molecule has 0 amide bonds. The number of unbranched alkanes of at least 4 members (excludes halogenated alkanes) is 21. The second-order valence-corrected chi connectivity index (χ2v) is 11.0. The molecule has 0 aliphatic carbocycles. The van der Waals surface area contributed by atoms with Crippen LogP contribution in [0.3, 0.4) is 0 Å². The lowest BCUT2D eigenvalue weighted by molar-refractivity contribution is -0.149. The number of esters is 1. The van der Waals surface area contributed by atoms with Crippen molar-refractivity contribution in [2.45, 2.75) is 193 Å². The first kappa shape index (κ1) is 34.9. The summed E-state index contributed by atoms with van der Waals surface area (Å²) in [5.41, 5.74) is 0. The van der Waals surface area contributed by atoms with Crippen LogP contribution >= 0.6 is 0 Å². The first-order valence-corrected chi connectivity index (χ1v) is 16.0. The van der Waals surface area contributed by atoms with E-state index in [2.05, 4.69) is 13.8 Å². The molecular formula is C32H62O4. The Morgan fingerprint density at radius 2 is 0.889 bits per heavy atom.